The molecule has 0 heterocycles. The standard InChI is InChI=1S/C20H24F4/c1-2-3-4-14-5-7-15(8-6-14)16-9-10-18-17(13-16)11-12-19(21,22)20(18,23)24/h9-15H,2-8H2,1H3. The molecular formula is C20H24F4. The van der Waals surface area contributed by atoms with Crippen molar-refractivity contribution in [3.05, 3.63) is 41.0 Å². The van der Waals surface area contributed by atoms with Gasteiger partial charge in [0.2, 0.25) is 0 Å². The van der Waals surface area contributed by atoms with Crippen molar-refractivity contribution in [2.45, 2.75) is 69.6 Å². The van der Waals surface area contributed by atoms with Gasteiger partial charge >= 0.3 is 11.8 Å². The van der Waals surface area contributed by atoms with E-state index in [9.17, 15) is 17.6 Å². The lowest BCUT2D eigenvalue weighted by Gasteiger charge is -2.31. The van der Waals surface area contributed by atoms with E-state index in [0.717, 1.165) is 30.4 Å². The van der Waals surface area contributed by atoms with Gasteiger partial charge in [-0.25, -0.2) is 0 Å². The summed E-state index contributed by atoms with van der Waals surface area (Å²) in [4.78, 5) is 0. The van der Waals surface area contributed by atoms with Crippen LogP contribution < -0.4 is 0 Å². The molecule has 0 N–H and O–H groups in total. The summed E-state index contributed by atoms with van der Waals surface area (Å²) in [6.07, 6.45) is 9.70. The van der Waals surface area contributed by atoms with Crippen LogP contribution in [0.15, 0.2) is 24.3 Å². The number of hydrogen-bond acceptors (Lipinski definition) is 0. The molecule has 0 radical (unpaired) electrons. The van der Waals surface area contributed by atoms with Crippen molar-refractivity contribution < 1.29 is 17.6 Å². The van der Waals surface area contributed by atoms with Crippen molar-refractivity contribution >= 4 is 6.08 Å². The zero-order chi connectivity index (χ0) is 17.4. The minimum atomic E-state index is -4.13. The Bertz CT molecular complexity index is 610. The Labute approximate surface area is 141 Å². The van der Waals surface area contributed by atoms with Crippen LogP contribution in [0.3, 0.4) is 0 Å². The van der Waals surface area contributed by atoms with Gasteiger partial charge in [0.1, 0.15) is 0 Å². The molecule has 0 saturated heterocycles. The second kappa shape index (κ2) is 6.53. The number of allylic oxidation sites excluding steroid dienone is 1. The van der Waals surface area contributed by atoms with Gasteiger partial charge in [0.05, 0.1) is 0 Å². The van der Waals surface area contributed by atoms with E-state index < -0.39 is 17.4 Å². The Morgan fingerprint density at radius 3 is 2.42 bits per heavy atom. The van der Waals surface area contributed by atoms with E-state index in [1.54, 1.807) is 12.1 Å². The molecule has 0 aromatic heterocycles. The number of rotatable bonds is 4. The topological polar surface area (TPSA) is 0 Å². The first kappa shape index (κ1) is 17.5. The van der Waals surface area contributed by atoms with Crippen LogP contribution in [-0.4, -0.2) is 5.92 Å². The third-order valence-corrected chi connectivity index (χ3v) is 5.59. The summed E-state index contributed by atoms with van der Waals surface area (Å²) in [7, 11) is 0. The molecule has 0 atom stereocenters. The van der Waals surface area contributed by atoms with Crippen LogP contribution in [0.4, 0.5) is 17.6 Å². The Hall–Kier alpha value is -1.32. The zero-order valence-corrected chi connectivity index (χ0v) is 14.0. The molecule has 4 heteroatoms. The highest BCUT2D eigenvalue weighted by Gasteiger charge is 2.58. The summed E-state index contributed by atoms with van der Waals surface area (Å²) < 4.78 is 54.7. The van der Waals surface area contributed by atoms with Crippen molar-refractivity contribution in [2.24, 2.45) is 5.92 Å². The molecule has 2 aliphatic rings. The number of halogens is 4. The number of benzene rings is 1. The van der Waals surface area contributed by atoms with Crippen molar-refractivity contribution in [3.63, 3.8) is 0 Å². The molecule has 132 valence electrons. The van der Waals surface area contributed by atoms with E-state index in [1.165, 1.54) is 38.2 Å². The lowest BCUT2D eigenvalue weighted by Crippen LogP contribution is -2.38. The number of unbranched alkanes of at least 4 members (excludes halogenated alkanes) is 1. The van der Waals surface area contributed by atoms with Crippen LogP contribution >= 0.6 is 0 Å². The van der Waals surface area contributed by atoms with Crippen LogP contribution in [0.2, 0.25) is 0 Å². The van der Waals surface area contributed by atoms with Gasteiger partial charge < -0.3 is 0 Å². The van der Waals surface area contributed by atoms with Crippen molar-refractivity contribution in [1.82, 2.24) is 0 Å². The molecule has 0 aliphatic heterocycles. The first-order chi connectivity index (χ1) is 11.3. The monoisotopic (exact) mass is 340 g/mol. The molecule has 1 saturated carbocycles. The fraction of sp³-hybridized carbons (Fsp3) is 0.600. The predicted octanol–water partition coefficient (Wildman–Crippen LogP) is 6.90. The number of fused-ring (bicyclic) bond motifs is 1. The van der Waals surface area contributed by atoms with Gasteiger partial charge in [-0.15, -0.1) is 0 Å². The Morgan fingerprint density at radius 2 is 1.75 bits per heavy atom. The smallest absolute Gasteiger partial charge is 0.195 e. The average Bonchev–Trinajstić information content (AvgIpc) is 2.57. The normalized spacial score (nSPS) is 27.7. The molecule has 24 heavy (non-hydrogen) atoms. The minimum absolute atomic E-state index is 0.233. The highest BCUT2D eigenvalue weighted by Crippen LogP contribution is 2.49. The maximum absolute atomic E-state index is 13.9. The lowest BCUT2D eigenvalue weighted by molar-refractivity contribution is -0.187. The third kappa shape index (κ3) is 3.12. The summed E-state index contributed by atoms with van der Waals surface area (Å²) in [6.45, 7) is 2.20. The Kier molecular flexibility index (Phi) is 4.76. The van der Waals surface area contributed by atoms with Gasteiger partial charge in [-0.2, -0.15) is 17.6 Å². The second-order valence-electron chi connectivity index (χ2n) is 7.24. The molecule has 1 aromatic carbocycles. The molecule has 0 unspecified atom stereocenters. The summed E-state index contributed by atoms with van der Waals surface area (Å²) in [5, 5.41) is 0. The quantitative estimate of drug-likeness (QED) is 0.523. The maximum atomic E-state index is 13.9. The summed E-state index contributed by atoms with van der Waals surface area (Å²) in [5.74, 6) is -7.11. The van der Waals surface area contributed by atoms with Crippen molar-refractivity contribution in [3.8, 4) is 0 Å². The highest BCUT2D eigenvalue weighted by atomic mass is 19.3. The zero-order valence-electron chi connectivity index (χ0n) is 14.0. The second-order valence-corrected chi connectivity index (χ2v) is 7.24. The summed E-state index contributed by atoms with van der Waals surface area (Å²) in [6, 6.07) is 4.51. The third-order valence-electron chi connectivity index (χ3n) is 5.59. The first-order valence-corrected chi connectivity index (χ1v) is 8.94. The lowest BCUT2D eigenvalue weighted by atomic mass is 9.76. The number of hydrogen-bond donors (Lipinski definition) is 0. The molecular weight excluding hydrogens is 316 g/mol. The van der Waals surface area contributed by atoms with Crippen molar-refractivity contribution in [1.29, 1.82) is 0 Å². The van der Waals surface area contributed by atoms with Gasteiger partial charge in [-0.3, -0.25) is 0 Å². The SMILES string of the molecule is CCCCC1CCC(c2ccc3c(c2)C=CC(F)(F)C3(F)F)CC1. The fourth-order valence-electron chi connectivity index (χ4n) is 4.01. The van der Waals surface area contributed by atoms with Gasteiger partial charge in [0.25, 0.3) is 0 Å². The minimum Gasteiger partial charge on any atom is -0.195 e. The van der Waals surface area contributed by atoms with Gasteiger partial charge in [0, 0.05) is 5.56 Å². The summed E-state index contributed by atoms with van der Waals surface area (Å²) in [5.41, 5.74) is 0.681. The molecule has 0 nitrogen and oxygen atoms in total. The molecule has 0 spiro atoms. The van der Waals surface area contributed by atoms with Crippen molar-refractivity contribution in [2.75, 3.05) is 0 Å². The summed E-state index contributed by atoms with van der Waals surface area (Å²) >= 11 is 0. The van der Waals surface area contributed by atoms with E-state index >= 15 is 0 Å². The van der Waals surface area contributed by atoms with Crippen LogP contribution in [-0.2, 0) is 5.92 Å². The largest absolute Gasteiger partial charge is 0.339 e. The average molecular weight is 340 g/mol. The predicted molar refractivity (Wildman–Crippen MR) is 88.5 cm³/mol. The van der Waals surface area contributed by atoms with Crippen LogP contribution in [0.1, 0.15) is 74.5 Å². The van der Waals surface area contributed by atoms with Gasteiger partial charge in [-0.05, 0) is 54.7 Å². The van der Waals surface area contributed by atoms with Gasteiger partial charge in [-0.1, -0.05) is 50.5 Å². The van der Waals surface area contributed by atoms with Gasteiger partial charge in [0.15, 0.2) is 0 Å². The van der Waals surface area contributed by atoms with E-state index in [4.69, 9.17) is 0 Å². The number of alkyl halides is 4. The van der Waals surface area contributed by atoms with E-state index in [-0.39, 0.29) is 5.56 Å². The molecule has 1 aromatic rings. The Morgan fingerprint density at radius 1 is 1.04 bits per heavy atom. The van der Waals surface area contributed by atoms with E-state index in [0.29, 0.717) is 12.0 Å². The van der Waals surface area contributed by atoms with E-state index in [2.05, 4.69) is 6.92 Å². The fourth-order valence-corrected chi connectivity index (χ4v) is 4.01. The Balaban J connectivity index is 1.74. The molecule has 0 amide bonds. The molecule has 1 fully saturated rings. The first-order valence-electron chi connectivity index (χ1n) is 8.94. The van der Waals surface area contributed by atoms with E-state index in [1.807, 2.05) is 0 Å². The highest BCUT2D eigenvalue weighted by molar-refractivity contribution is 5.61. The van der Waals surface area contributed by atoms with Crippen LogP contribution in [0.5, 0.6) is 0 Å². The van der Waals surface area contributed by atoms with Crippen LogP contribution in [0, 0.1) is 5.92 Å². The molecule has 3 rings (SSSR count). The molecule has 0 bridgehead atoms. The maximum Gasteiger partial charge on any atom is 0.339 e. The molecule has 2 aliphatic carbocycles. The van der Waals surface area contributed by atoms with Crippen LogP contribution in [0.25, 0.3) is 6.08 Å².